The zero-order valence-corrected chi connectivity index (χ0v) is 12.7. The van der Waals surface area contributed by atoms with Gasteiger partial charge in [-0.15, -0.1) is 0 Å². The second-order valence-corrected chi connectivity index (χ2v) is 6.42. The zero-order valence-electron chi connectivity index (χ0n) is 12.7. The van der Waals surface area contributed by atoms with E-state index in [1.807, 2.05) is 26.0 Å². The van der Waals surface area contributed by atoms with E-state index in [0.717, 1.165) is 19.3 Å². The normalized spacial score (nSPS) is 30.6. The molecule has 1 amide bonds. The van der Waals surface area contributed by atoms with E-state index in [1.165, 1.54) is 0 Å². The summed E-state index contributed by atoms with van der Waals surface area (Å²) in [6, 6.07) is 0. The number of carbonyl (C=O) groups is 2. The molecule has 2 rings (SSSR count). The van der Waals surface area contributed by atoms with Crippen molar-refractivity contribution in [2.45, 2.75) is 33.1 Å². The van der Waals surface area contributed by atoms with E-state index in [2.05, 4.69) is 5.32 Å². The number of hydrogen-bond acceptors (Lipinski definition) is 3. The number of aliphatic hydroxyl groups is 1. The second-order valence-electron chi connectivity index (χ2n) is 6.42. The summed E-state index contributed by atoms with van der Waals surface area (Å²) >= 11 is 0. The van der Waals surface area contributed by atoms with Crippen molar-refractivity contribution in [2.75, 3.05) is 13.2 Å². The van der Waals surface area contributed by atoms with Crippen LogP contribution in [0.2, 0.25) is 0 Å². The number of carboxylic acids is 1. The fourth-order valence-corrected chi connectivity index (χ4v) is 3.69. The van der Waals surface area contributed by atoms with Crippen LogP contribution in [0.4, 0.5) is 0 Å². The summed E-state index contributed by atoms with van der Waals surface area (Å²) in [5, 5.41) is 21.8. The first kappa shape index (κ1) is 16.0. The molecule has 2 aliphatic rings. The minimum Gasteiger partial charge on any atom is -0.481 e. The van der Waals surface area contributed by atoms with E-state index in [4.69, 9.17) is 0 Å². The molecule has 0 heterocycles. The highest BCUT2D eigenvalue weighted by molar-refractivity contribution is 5.86. The third kappa shape index (κ3) is 2.84. The molecule has 1 saturated carbocycles. The zero-order chi connectivity index (χ0) is 15.6. The van der Waals surface area contributed by atoms with Crippen molar-refractivity contribution >= 4 is 11.9 Å². The molecule has 5 heteroatoms. The third-order valence-electron chi connectivity index (χ3n) is 5.52. The largest absolute Gasteiger partial charge is 0.481 e. The van der Waals surface area contributed by atoms with E-state index in [1.54, 1.807) is 0 Å². The van der Waals surface area contributed by atoms with Gasteiger partial charge in [0.05, 0.1) is 18.4 Å². The van der Waals surface area contributed by atoms with E-state index in [9.17, 15) is 19.8 Å². The van der Waals surface area contributed by atoms with E-state index < -0.39 is 17.8 Å². The quantitative estimate of drug-likeness (QED) is 0.620. The molecule has 2 unspecified atom stereocenters. The van der Waals surface area contributed by atoms with Gasteiger partial charge >= 0.3 is 5.97 Å². The Hall–Kier alpha value is -1.36. The molecule has 118 valence electrons. The smallest absolute Gasteiger partial charge is 0.307 e. The number of hydrogen-bond donors (Lipinski definition) is 3. The molecule has 21 heavy (non-hydrogen) atoms. The summed E-state index contributed by atoms with van der Waals surface area (Å²) in [6.45, 7) is 4.41. The summed E-state index contributed by atoms with van der Waals surface area (Å²) in [6.07, 6.45) is 6.23. The summed E-state index contributed by atoms with van der Waals surface area (Å²) in [5.41, 5.74) is -0.304. The van der Waals surface area contributed by atoms with E-state index in [0.29, 0.717) is 6.54 Å². The van der Waals surface area contributed by atoms with Gasteiger partial charge in [0.15, 0.2) is 0 Å². The lowest BCUT2D eigenvalue weighted by Crippen LogP contribution is -2.45. The van der Waals surface area contributed by atoms with Gasteiger partial charge in [0.25, 0.3) is 0 Å². The Bertz CT molecular complexity index is 433. The number of carbonyl (C=O) groups excluding carboxylic acids is 1. The molecule has 0 aromatic heterocycles. The molecule has 0 aliphatic heterocycles. The Morgan fingerprint density at radius 3 is 2.24 bits per heavy atom. The van der Waals surface area contributed by atoms with Crippen molar-refractivity contribution in [2.24, 2.45) is 29.1 Å². The minimum atomic E-state index is -0.883. The molecule has 0 aromatic carbocycles. The fourth-order valence-electron chi connectivity index (χ4n) is 3.69. The van der Waals surface area contributed by atoms with Crippen molar-refractivity contribution < 1.29 is 19.8 Å². The number of rotatable bonds is 7. The Labute approximate surface area is 125 Å². The van der Waals surface area contributed by atoms with Gasteiger partial charge in [-0.2, -0.15) is 0 Å². The van der Waals surface area contributed by atoms with Crippen molar-refractivity contribution in [3.05, 3.63) is 12.2 Å². The van der Waals surface area contributed by atoms with Crippen molar-refractivity contribution in [3.8, 4) is 0 Å². The van der Waals surface area contributed by atoms with Crippen LogP contribution in [0, 0.1) is 29.1 Å². The SMILES string of the molecule is CCC(CC)(CO)CNC(=O)[C@H]1C2C=CC(C2)[C@H]1C(=O)O. The van der Waals surface area contributed by atoms with Gasteiger partial charge in [-0.3, -0.25) is 9.59 Å². The van der Waals surface area contributed by atoms with Crippen LogP contribution < -0.4 is 5.32 Å². The molecule has 5 nitrogen and oxygen atoms in total. The molecule has 4 atom stereocenters. The standard InChI is InChI=1S/C16H25NO4/c1-3-16(4-2,9-18)8-17-14(19)12-10-5-6-11(7-10)13(12)15(20)21/h5-6,10-13,18H,3-4,7-9H2,1-2H3,(H,17,19)(H,20,21)/t10?,11?,12-,13+/m0/s1. The summed E-state index contributed by atoms with van der Waals surface area (Å²) < 4.78 is 0. The first-order valence-electron chi connectivity index (χ1n) is 7.77. The highest BCUT2D eigenvalue weighted by Gasteiger charge is 2.51. The number of allylic oxidation sites excluding steroid dienone is 2. The Balaban J connectivity index is 2.03. The number of carboxylic acid groups (broad SMARTS) is 1. The number of aliphatic hydroxyl groups excluding tert-OH is 1. The maximum absolute atomic E-state index is 12.5. The molecule has 0 radical (unpaired) electrons. The predicted octanol–water partition coefficient (Wildman–Crippen LogP) is 1.42. The lowest BCUT2D eigenvalue weighted by Gasteiger charge is -2.31. The highest BCUT2D eigenvalue weighted by atomic mass is 16.4. The average Bonchev–Trinajstić information content (AvgIpc) is 3.09. The average molecular weight is 295 g/mol. The van der Waals surface area contributed by atoms with Crippen LogP contribution >= 0.6 is 0 Å². The second kappa shape index (κ2) is 6.18. The first-order valence-corrected chi connectivity index (χ1v) is 7.77. The molecule has 2 aliphatic carbocycles. The van der Waals surface area contributed by atoms with Gasteiger partial charge in [0.2, 0.25) is 5.91 Å². The van der Waals surface area contributed by atoms with Crippen molar-refractivity contribution in [1.29, 1.82) is 0 Å². The number of nitrogens with one attached hydrogen (secondary N) is 1. The van der Waals surface area contributed by atoms with Gasteiger partial charge in [-0.1, -0.05) is 26.0 Å². The maximum atomic E-state index is 12.5. The summed E-state index contributed by atoms with van der Waals surface area (Å²) in [7, 11) is 0. The molecule has 0 spiro atoms. The predicted molar refractivity (Wildman–Crippen MR) is 78.5 cm³/mol. The molecule has 1 fully saturated rings. The lowest BCUT2D eigenvalue weighted by molar-refractivity contribution is -0.148. The number of amides is 1. The van der Waals surface area contributed by atoms with E-state index >= 15 is 0 Å². The Morgan fingerprint density at radius 2 is 1.76 bits per heavy atom. The van der Waals surface area contributed by atoms with Crippen LogP contribution in [0.5, 0.6) is 0 Å². The monoisotopic (exact) mass is 295 g/mol. The van der Waals surface area contributed by atoms with E-state index in [-0.39, 0.29) is 29.8 Å². The molecule has 0 saturated heterocycles. The van der Waals surface area contributed by atoms with Crippen LogP contribution in [-0.4, -0.2) is 35.2 Å². The van der Waals surface area contributed by atoms with Crippen LogP contribution in [0.25, 0.3) is 0 Å². The van der Waals surface area contributed by atoms with Gasteiger partial charge < -0.3 is 15.5 Å². The van der Waals surface area contributed by atoms with Gasteiger partial charge in [-0.25, -0.2) is 0 Å². The lowest BCUT2D eigenvalue weighted by atomic mass is 9.81. The highest BCUT2D eigenvalue weighted by Crippen LogP contribution is 2.48. The number of aliphatic carboxylic acids is 1. The third-order valence-corrected chi connectivity index (χ3v) is 5.52. The maximum Gasteiger partial charge on any atom is 0.307 e. The van der Waals surface area contributed by atoms with Gasteiger partial charge in [0, 0.05) is 12.0 Å². The molecule has 0 aromatic rings. The molecular formula is C16H25NO4. The summed E-state index contributed by atoms with van der Waals surface area (Å²) in [4.78, 5) is 23.9. The molecule has 2 bridgehead atoms. The van der Waals surface area contributed by atoms with Gasteiger partial charge in [-0.05, 0) is 31.1 Å². The first-order chi connectivity index (χ1) is 9.98. The fraction of sp³-hybridized carbons (Fsp3) is 0.750. The number of fused-ring (bicyclic) bond motifs is 2. The molecule has 3 N–H and O–H groups in total. The summed E-state index contributed by atoms with van der Waals surface area (Å²) in [5.74, 6) is -2.11. The Kier molecular flexibility index (Phi) is 4.71. The Morgan fingerprint density at radius 1 is 1.19 bits per heavy atom. The topological polar surface area (TPSA) is 86.6 Å². The van der Waals surface area contributed by atoms with Crippen LogP contribution in [0.1, 0.15) is 33.1 Å². The van der Waals surface area contributed by atoms with Crippen LogP contribution in [0.3, 0.4) is 0 Å². The van der Waals surface area contributed by atoms with Gasteiger partial charge in [0.1, 0.15) is 0 Å². The van der Waals surface area contributed by atoms with Crippen LogP contribution in [-0.2, 0) is 9.59 Å². The van der Waals surface area contributed by atoms with Crippen molar-refractivity contribution in [3.63, 3.8) is 0 Å². The molecular weight excluding hydrogens is 270 g/mol. The minimum absolute atomic E-state index is 0.0109. The van der Waals surface area contributed by atoms with Crippen LogP contribution in [0.15, 0.2) is 12.2 Å². The van der Waals surface area contributed by atoms with Crippen molar-refractivity contribution in [1.82, 2.24) is 5.32 Å².